The van der Waals surface area contributed by atoms with E-state index in [0.29, 0.717) is 6.54 Å². The lowest BCUT2D eigenvalue weighted by atomic mass is 10.1. The fourth-order valence-electron chi connectivity index (χ4n) is 1.50. The smallest absolute Gasteiger partial charge is 0.307 e. The highest BCUT2D eigenvalue weighted by Crippen LogP contribution is 2.13. The lowest BCUT2D eigenvalue weighted by Gasteiger charge is -2.18. The third-order valence-corrected chi connectivity index (χ3v) is 3.57. The molecule has 1 aromatic heterocycles. The average molecular weight is 242 g/mol. The largest absolute Gasteiger partial charge is 0.481 e. The minimum Gasteiger partial charge on any atom is -0.481 e. The van der Waals surface area contributed by atoms with Gasteiger partial charge in [0.15, 0.2) is 0 Å². The number of aromatic nitrogens is 1. The molecule has 0 aliphatic carbocycles. The number of aliphatic carboxylic acids is 1. The third-order valence-electron chi connectivity index (χ3n) is 2.57. The zero-order valence-corrected chi connectivity index (χ0v) is 10.8. The van der Waals surface area contributed by atoms with Crippen LogP contribution in [0, 0.1) is 12.8 Å². The summed E-state index contributed by atoms with van der Waals surface area (Å²) in [5.74, 6) is -1.05. The van der Waals surface area contributed by atoms with Crippen LogP contribution in [0.3, 0.4) is 0 Å². The van der Waals surface area contributed by atoms with E-state index in [-0.39, 0.29) is 5.92 Å². The molecule has 1 atom stereocenters. The van der Waals surface area contributed by atoms with Gasteiger partial charge in [-0.05, 0) is 20.4 Å². The van der Waals surface area contributed by atoms with Crippen molar-refractivity contribution in [2.24, 2.45) is 5.92 Å². The van der Waals surface area contributed by atoms with E-state index in [2.05, 4.69) is 9.88 Å². The van der Waals surface area contributed by atoms with Gasteiger partial charge in [0.2, 0.25) is 0 Å². The Morgan fingerprint density at radius 2 is 2.38 bits per heavy atom. The molecular weight excluding hydrogens is 224 g/mol. The summed E-state index contributed by atoms with van der Waals surface area (Å²) in [6.45, 7) is 5.20. The molecule has 1 aromatic rings. The Kier molecular flexibility index (Phi) is 4.89. The van der Waals surface area contributed by atoms with Crippen molar-refractivity contribution in [1.29, 1.82) is 0 Å². The molecular formula is C11H18N2O2S. The second kappa shape index (κ2) is 5.96. The van der Waals surface area contributed by atoms with Crippen LogP contribution in [0.5, 0.6) is 0 Å². The summed E-state index contributed by atoms with van der Waals surface area (Å²) >= 11 is 1.66. The predicted octanol–water partition coefficient (Wildman–Crippen LogP) is 1.65. The van der Waals surface area contributed by atoms with Crippen molar-refractivity contribution in [3.8, 4) is 0 Å². The first kappa shape index (κ1) is 13.1. The maximum absolute atomic E-state index is 10.7. The molecule has 1 N–H and O–H groups in total. The van der Waals surface area contributed by atoms with E-state index >= 15 is 0 Å². The van der Waals surface area contributed by atoms with Crippen molar-refractivity contribution >= 4 is 17.3 Å². The van der Waals surface area contributed by atoms with Gasteiger partial charge in [0.25, 0.3) is 0 Å². The Hall–Kier alpha value is -0.940. The number of hydrogen-bond donors (Lipinski definition) is 1. The van der Waals surface area contributed by atoms with Crippen LogP contribution in [-0.4, -0.2) is 41.1 Å². The molecule has 90 valence electrons. The van der Waals surface area contributed by atoms with Crippen molar-refractivity contribution in [3.63, 3.8) is 0 Å². The van der Waals surface area contributed by atoms with Gasteiger partial charge in [-0.1, -0.05) is 6.92 Å². The van der Waals surface area contributed by atoms with E-state index in [0.717, 1.165) is 18.7 Å². The lowest BCUT2D eigenvalue weighted by molar-refractivity contribution is -0.141. The zero-order chi connectivity index (χ0) is 12.1. The van der Waals surface area contributed by atoms with Crippen LogP contribution < -0.4 is 0 Å². The van der Waals surface area contributed by atoms with Gasteiger partial charge >= 0.3 is 5.97 Å². The molecule has 0 aliphatic heterocycles. The summed E-state index contributed by atoms with van der Waals surface area (Å²) < 4.78 is 0. The van der Waals surface area contributed by atoms with Gasteiger partial charge in [0, 0.05) is 18.0 Å². The summed E-state index contributed by atoms with van der Waals surface area (Å²) in [7, 11) is 1.95. The fraction of sp³-hybridized carbons (Fsp3) is 0.636. The molecule has 0 fully saturated rings. The molecule has 0 saturated carbocycles. The second-order valence-corrected chi connectivity index (χ2v) is 5.05. The van der Waals surface area contributed by atoms with Crippen LogP contribution >= 0.6 is 11.3 Å². The van der Waals surface area contributed by atoms with Gasteiger partial charge < -0.3 is 10.0 Å². The molecule has 0 aliphatic rings. The highest BCUT2D eigenvalue weighted by Gasteiger charge is 2.13. The highest BCUT2D eigenvalue weighted by atomic mass is 32.1. The van der Waals surface area contributed by atoms with Gasteiger partial charge in [-0.25, -0.2) is 4.98 Å². The molecule has 16 heavy (non-hydrogen) atoms. The van der Waals surface area contributed by atoms with Crippen LogP contribution in [0.25, 0.3) is 0 Å². The average Bonchev–Trinajstić information content (AvgIpc) is 2.61. The van der Waals surface area contributed by atoms with Crippen molar-refractivity contribution in [2.75, 3.05) is 20.1 Å². The van der Waals surface area contributed by atoms with E-state index in [9.17, 15) is 4.79 Å². The van der Waals surface area contributed by atoms with Gasteiger partial charge in [-0.15, -0.1) is 11.3 Å². The predicted molar refractivity (Wildman–Crippen MR) is 64.9 cm³/mol. The molecule has 0 amide bonds. The van der Waals surface area contributed by atoms with Crippen LogP contribution in [0.2, 0.25) is 0 Å². The molecule has 4 nitrogen and oxygen atoms in total. The van der Waals surface area contributed by atoms with Gasteiger partial charge in [-0.3, -0.25) is 4.79 Å². The Bertz CT molecular complexity index is 352. The molecule has 1 heterocycles. The molecule has 0 aromatic carbocycles. The molecule has 0 bridgehead atoms. The Labute approximate surface area is 99.9 Å². The monoisotopic (exact) mass is 242 g/mol. The van der Waals surface area contributed by atoms with Crippen LogP contribution in [0.1, 0.15) is 17.5 Å². The molecule has 0 spiro atoms. The lowest BCUT2D eigenvalue weighted by Crippen LogP contribution is -2.30. The molecule has 0 saturated heterocycles. The number of rotatable bonds is 6. The second-order valence-electron chi connectivity index (χ2n) is 4.11. The fourth-order valence-corrected chi connectivity index (χ4v) is 2.27. The van der Waals surface area contributed by atoms with Gasteiger partial charge in [0.1, 0.15) is 0 Å². The summed E-state index contributed by atoms with van der Waals surface area (Å²) in [5, 5.41) is 8.79. The van der Waals surface area contributed by atoms with E-state index in [1.165, 1.54) is 4.88 Å². The standard InChI is InChI=1S/C11H18N2O2S/c1-8(11(14)15)6-13(3)5-4-10-9(2)12-7-16-10/h7-8H,4-6H2,1-3H3,(H,14,15). The summed E-state index contributed by atoms with van der Waals surface area (Å²) in [5.41, 5.74) is 2.94. The third kappa shape index (κ3) is 3.90. The number of aryl methyl sites for hydroxylation is 1. The number of nitrogens with zero attached hydrogens (tertiary/aromatic N) is 2. The minimum absolute atomic E-state index is 0.312. The number of carboxylic acids is 1. The normalized spacial score (nSPS) is 13.0. The maximum atomic E-state index is 10.7. The minimum atomic E-state index is -0.735. The number of carboxylic acid groups (broad SMARTS) is 1. The highest BCUT2D eigenvalue weighted by molar-refractivity contribution is 7.09. The van der Waals surface area contributed by atoms with Crippen molar-refractivity contribution in [3.05, 3.63) is 16.1 Å². The Morgan fingerprint density at radius 1 is 1.69 bits per heavy atom. The summed E-state index contributed by atoms with van der Waals surface area (Å²) in [6, 6.07) is 0. The molecule has 5 heteroatoms. The number of hydrogen-bond acceptors (Lipinski definition) is 4. The van der Waals surface area contributed by atoms with Crippen LogP contribution in [-0.2, 0) is 11.2 Å². The summed E-state index contributed by atoms with van der Waals surface area (Å²) in [4.78, 5) is 18.2. The first-order valence-electron chi connectivity index (χ1n) is 5.31. The Balaban J connectivity index is 2.33. The molecule has 0 radical (unpaired) electrons. The van der Waals surface area contributed by atoms with E-state index < -0.39 is 5.97 Å². The van der Waals surface area contributed by atoms with E-state index in [1.54, 1.807) is 18.3 Å². The quantitative estimate of drug-likeness (QED) is 0.824. The first-order chi connectivity index (χ1) is 7.50. The SMILES string of the molecule is Cc1ncsc1CCN(C)CC(C)C(=O)O. The van der Waals surface area contributed by atoms with E-state index in [1.807, 2.05) is 19.5 Å². The van der Waals surface area contributed by atoms with E-state index in [4.69, 9.17) is 5.11 Å². The number of likely N-dealkylation sites (N-methyl/N-ethyl adjacent to an activating group) is 1. The van der Waals surface area contributed by atoms with Crippen molar-refractivity contribution in [2.45, 2.75) is 20.3 Å². The summed E-state index contributed by atoms with van der Waals surface area (Å²) in [6.07, 6.45) is 0.944. The topological polar surface area (TPSA) is 53.4 Å². The van der Waals surface area contributed by atoms with Crippen LogP contribution in [0.4, 0.5) is 0 Å². The van der Waals surface area contributed by atoms with Crippen LogP contribution in [0.15, 0.2) is 5.51 Å². The number of thiazole rings is 1. The molecule has 1 rings (SSSR count). The van der Waals surface area contributed by atoms with Crippen molar-refractivity contribution < 1.29 is 9.90 Å². The molecule has 1 unspecified atom stereocenters. The maximum Gasteiger partial charge on any atom is 0.307 e. The first-order valence-corrected chi connectivity index (χ1v) is 6.19. The van der Waals surface area contributed by atoms with Crippen molar-refractivity contribution in [1.82, 2.24) is 9.88 Å². The number of carbonyl (C=O) groups is 1. The zero-order valence-electron chi connectivity index (χ0n) is 9.93. The van der Waals surface area contributed by atoms with Gasteiger partial charge in [0.05, 0.1) is 17.1 Å². The van der Waals surface area contributed by atoms with Gasteiger partial charge in [-0.2, -0.15) is 0 Å². The Morgan fingerprint density at radius 3 is 2.88 bits per heavy atom.